The Morgan fingerprint density at radius 1 is 0.941 bits per heavy atom. The highest BCUT2D eigenvalue weighted by Crippen LogP contribution is 2.27. The highest BCUT2D eigenvalue weighted by atomic mass is 19.1. The Morgan fingerprint density at radius 3 is 2.26 bits per heavy atom. The number of hydrogen-bond donors (Lipinski definition) is 2. The molecule has 2 aromatic carbocycles. The predicted molar refractivity (Wildman–Crippen MR) is 126 cm³/mol. The minimum absolute atomic E-state index is 0.113. The SMILES string of the molecule is COc1cc(Nc2ncc(F)c(-n3cc(C(=O)Nc4cc(C)cc(C)c4)cn3)n2)cc(OC)c1. The summed E-state index contributed by atoms with van der Waals surface area (Å²) < 4.78 is 26.2. The molecule has 0 radical (unpaired) electrons. The molecule has 34 heavy (non-hydrogen) atoms. The summed E-state index contributed by atoms with van der Waals surface area (Å²) in [5, 5.41) is 9.93. The Bertz CT molecular complexity index is 1310. The van der Waals surface area contributed by atoms with E-state index in [0.717, 1.165) is 17.3 Å². The van der Waals surface area contributed by atoms with Crippen LogP contribution in [0.4, 0.5) is 21.7 Å². The maximum absolute atomic E-state index is 14.5. The summed E-state index contributed by atoms with van der Waals surface area (Å²) in [4.78, 5) is 20.9. The third-order valence-corrected chi connectivity index (χ3v) is 4.87. The van der Waals surface area contributed by atoms with Gasteiger partial charge in [0.15, 0.2) is 11.6 Å². The number of rotatable bonds is 7. The molecule has 0 saturated heterocycles. The predicted octanol–water partition coefficient (Wildman–Crippen LogP) is 4.43. The van der Waals surface area contributed by atoms with E-state index >= 15 is 0 Å². The first-order valence-electron chi connectivity index (χ1n) is 10.3. The van der Waals surface area contributed by atoms with Gasteiger partial charge in [-0.2, -0.15) is 10.1 Å². The number of amides is 1. The zero-order valence-corrected chi connectivity index (χ0v) is 19.1. The van der Waals surface area contributed by atoms with E-state index in [1.165, 1.54) is 31.3 Å². The van der Waals surface area contributed by atoms with Crippen LogP contribution in [0.3, 0.4) is 0 Å². The molecule has 4 aromatic rings. The van der Waals surface area contributed by atoms with E-state index in [0.29, 0.717) is 22.9 Å². The molecule has 1 amide bonds. The Hall–Kier alpha value is -4.47. The third kappa shape index (κ3) is 5.12. The molecule has 174 valence electrons. The molecule has 0 aliphatic rings. The number of methoxy groups -OCH3 is 2. The highest BCUT2D eigenvalue weighted by Gasteiger charge is 2.15. The van der Waals surface area contributed by atoms with Crippen LogP contribution in [0, 0.1) is 19.7 Å². The first-order valence-corrected chi connectivity index (χ1v) is 10.3. The van der Waals surface area contributed by atoms with Gasteiger partial charge in [0.05, 0.1) is 32.2 Å². The van der Waals surface area contributed by atoms with Gasteiger partial charge in [-0.05, 0) is 37.1 Å². The van der Waals surface area contributed by atoms with E-state index < -0.39 is 5.82 Å². The molecule has 10 heteroatoms. The standard InChI is InChI=1S/C24H23FN6O3/c1-14-5-15(2)7-17(6-14)28-23(32)16-11-27-31(13-16)22-21(25)12-26-24(30-22)29-18-8-19(33-3)10-20(9-18)34-4/h5-13H,1-4H3,(H,28,32)(H,26,29,30). The second-order valence-corrected chi connectivity index (χ2v) is 7.60. The largest absolute Gasteiger partial charge is 0.497 e. The first kappa shape index (κ1) is 22.7. The molecule has 0 unspecified atom stereocenters. The van der Waals surface area contributed by atoms with Gasteiger partial charge in [0.1, 0.15) is 11.5 Å². The van der Waals surface area contributed by atoms with Gasteiger partial charge in [0.2, 0.25) is 5.95 Å². The van der Waals surface area contributed by atoms with Crippen molar-refractivity contribution in [3.05, 3.63) is 77.5 Å². The maximum Gasteiger partial charge on any atom is 0.258 e. The molecule has 0 fully saturated rings. The molecule has 9 nitrogen and oxygen atoms in total. The van der Waals surface area contributed by atoms with Crippen molar-refractivity contribution < 1.29 is 18.7 Å². The topological polar surface area (TPSA) is 103 Å². The molecule has 2 heterocycles. The number of aryl methyl sites for hydroxylation is 2. The second-order valence-electron chi connectivity index (χ2n) is 7.60. The summed E-state index contributed by atoms with van der Waals surface area (Å²) in [6.45, 7) is 3.90. The van der Waals surface area contributed by atoms with Gasteiger partial charge >= 0.3 is 0 Å². The fraction of sp³-hybridized carbons (Fsp3) is 0.167. The van der Waals surface area contributed by atoms with Crippen LogP contribution < -0.4 is 20.1 Å². The van der Waals surface area contributed by atoms with Gasteiger partial charge in [-0.25, -0.2) is 14.1 Å². The number of ether oxygens (including phenoxy) is 2. The van der Waals surface area contributed by atoms with E-state index in [1.54, 1.807) is 18.2 Å². The van der Waals surface area contributed by atoms with Crippen LogP contribution in [0.5, 0.6) is 11.5 Å². The van der Waals surface area contributed by atoms with Crippen LogP contribution in [0.25, 0.3) is 5.82 Å². The lowest BCUT2D eigenvalue weighted by Gasteiger charge is -2.10. The van der Waals surface area contributed by atoms with Gasteiger partial charge in [-0.3, -0.25) is 4.79 Å². The van der Waals surface area contributed by atoms with Crippen molar-refractivity contribution in [2.75, 3.05) is 24.9 Å². The van der Waals surface area contributed by atoms with Crippen molar-refractivity contribution >= 4 is 23.2 Å². The zero-order chi connectivity index (χ0) is 24.2. The number of anilines is 3. The van der Waals surface area contributed by atoms with Crippen molar-refractivity contribution in [1.29, 1.82) is 0 Å². The molecule has 0 bridgehead atoms. The fourth-order valence-corrected chi connectivity index (χ4v) is 3.39. The lowest BCUT2D eigenvalue weighted by molar-refractivity contribution is 0.102. The van der Waals surface area contributed by atoms with Gasteiger partial charge in [0.25, 0.3) is 5.91 Å². The van der Waals surface area contributed by atoms with E-state index in [2.05, 4.69) is 25.7 Å². The van der Waals surface area contributed by atoms with Gasteiger partial charge in [0, 0.05) is 35.8 Å². The number of halogens is 1. The summed E-state index contributed by atoms with van der Waals surface area (Å²) in [6, 6.07) is 10.9. The maximum atomic E-state index is 14.5. The summed E-state index contributed by atoms with van der Waals surface area (Å²) in [5.41, 5.74) is 3.57. The molecule has 0 aliphatic carbocycles. The van der Waals surface area contributed by atoms with Crippen LogP contribution in [-0.2, 0) is 0 Å². The summed E-state index contributed by atoms with van der Waals surface area (Å²) in [5.74, 6) is 0.0818. The molecule has 2 N–H and O–H groups in total. The highest BCUT2D eigenvalue weighted by molar-refractivity contribution is 6.04. The van der Waals surface area contributed by atoms with Crippen LogP contribution >= 0.6 is 0 Å². The van der Waals surface area contributed by atoms with Gasteiger partial charge in [-0.1, -0.05) is 6.07 Å². The number of nitrogens with zero attached hydrogens (tertiary/aromatic N) is 4. The quantitative estimate of drug-likeness (QED) is 0.419. The van der Waals surface area contributed by atoms with Gasteiger partial charge < -0.3 is 20.1 Å². The van der Waals surface area contributed by atoms with Crippen molar-refractivity contribution in [1.82, 2.24) is 19.7 Å². The number of carbonyl (C=O) groups is 1. The number of hydrogen-bond acceptors (Lipinski definition) is 7. The van der Waals surface area contributed by atoms with E-state index in [-0.39, 0.29) is 23.2 Å². The van der Waals surface area contributed by atoms with Crippen molar-refractivity contribution in [2.24, 2.45) is 0 Å². The number of carbonyl (C=O) groups excluding carboxylic acids is 1. The monoisotopic (exact) mass is 462 g/mol. The average molecular weight is 462 g/mol. The van der Waals surface area contributed by atoms with Crippen molar-refractivity contribution in [3.8, 4) is 17.3 Å². The molecule has 2 aromatic heterocycles. The first-order chi connectivity index (χ1) is 16.3. The van der Waals surface area contributed by atoms with Crippen molar-refractivity contribution in [2.45, 2.75) is 13.8 Å². The summed E-state index contributed by atoms with van der Waals surface area (Å²) in [6.07, 6.45) is 3.78. The van der Waals surface area contributed by atoms with Gasteiger partial charge in [-0.15, -0.1) is 0 Å². The van der Waals surface area contributed by atoms with Crippen LogP contribution in [-0.4, -0.2) is 39.9 Å². The summed E-state index contributed by atoms with van der Waals surface area (Å²) in [7, 11) is 3.08. The van der Waals surface area contributed by atoms with E-state index in [4.69, 9.17) is 9.47 Å². The molecule has 0 aliphatic heterocycles. The Kier molecular flexibility index (Phi) is 6.39. The Balaban J connectivity index is 1.56. The van der Waals surface area contributed by atoms with Crippen molar-refractivity contribution in [3.63, 3.8) is 0 Å². The smallest absolute Gasteiger partial charge is 0.258 e. The minimum Gasteiger partial charge on any atom is -0.497 e. The van der Waals surface area contributed by atoms with E-state index in [1.807, 2.05) is 32.0 Å². The van der Waals surface area contributed by atoms with E-state index in [9.17, 15) is 9.18 Å². The molecule has 0 saturated carbocycles. The lowest BCUT2D eigenvalue weighted by Crippen LogP contribution is -2.11. The Labute approximate surface area is 195 Å². The molecule has 4 rings (SSSR count). The van der Waals surface area contributed by atoms with Crippen LogP contribution in [0.1, 0.15) is 21.5 Å². The summed E-state index contributed by atoms with van der Waals surface area (Å²) >= 11 is 0. The third-order valence-electron chi connectivity index (χ3n) is 4.87. The molecule has 0 spiro atoms. The zero-order valence-electron chi connectivity index (χ0n) is 19.1. The second kappa shape index (κ2) is 9.57. The number of nitrogens with one attached hydrogen (secondary N) is 2. The Morgan fingerprint density at radius 2 is 1.62 bits per heavy atom. The fourth-order valence-electron chi connectivity index (χ4n) is 3.39. The number of aromatic nitrogens is 4. The molecule has 0 atom stereocenters. The molecular formula is C24H23FN6O3. The lowest BCUT2D eigenvalue weighted by atomic mass is 10.1. The van der Waals surface area contributed by atoms with Crippen LogP contribution in [0.2, 0.25) is 0 Å². The number of benzene rings is 2. The van der Waals surface area contributed by atoms with Crippen LogP contribution in [0.15, 0.2) is 55.0 Å². The normalized spacial score (nSPS) is 10.6. The minimum atomic E-state index is -0.696. The average Bonchev–Trinajstić information content (AvgIpc) is 3.29. The molecular weight excluding hydrogens is 439 g/mol.